The van der Waals surface area contributed by atoms with Crippen LogP contribution in [0.2, 0.25) is 5.02 Å². The lowest BCUT2D eigenvalue weighted by molar-refractivity contribution is -0.609. The lowest BCUT2D eigenvalue weighted by Gasteiger charge is -2.30. The number of aromatic nitrogens is 2. The van der Waals surface area contributed by atoms with Gasteiger partial charge in [-0.1, -0.05) is 23.2 Å². The summed E-state index contributed by atoms with van der Waals surface area (Å²) in [5.74, 6) is 0.0386. The van der Waals surface area contributed by atoms with Crippen molar-refractivity contribution in [1.82, 2.24) is 4.90 Å². The number of aryl methyl sites for hydroxylation is 1. The molecular formula is C26H22Br2ClN3O3. The Balaban J connectivity index is 1.50. The van der Waals surface area contributed by atoms with Gasteiger partial charge in [0.25, 0.3) is 0 Å². The fourth-order valence-corrected chi connectivity index (χ4v) is 6.18. The molecule has 1 fully saturated rings. The maximum atomic E-state index is 13.2. The van der Waals surface area contributed by atoms with Crippen LogP contribution in [0.5, 0.6) is 0 Å². The monoisotopic (exact) mass is 617 g/mol. The number of benzene rings is 1. The van der Waals surface area contributed by atoms with E-state index in [1.54, 1.807) is 18.3 Å². The molecule has 0 bridgehead atoms. The summed E-state index contributed by atoms with van der Waals surface area (Å²) in [4.78, 5) is 14.8. The minimum atomic E-state index is 0.0386. The SMILES string of the molecule is O=C(Cc1cc[n+]([O-])cc1)N1CCC(=C2c3ccc(Cl)c(Br)c3CCc3cc(Br)c[n+]([O-])c32)CC1. The Morgan fingerprint density at radius 1 is 1.03 bits per heavy atom. The number of nitrogens with zero attached hydrogens (tertiary/aromatic N) is 3. The highest BCUT2D eigenvalue weighted by atomic mass is 79.9. The van der Waals surface area contributed by atoms with Crippen LogP contribution in [0.4, 0.5) is 0 Å². The van der Waals surface area contributed by atoms with Gasteiger partial charge in [-0.15, -0.1) is 0 Å². The molecule has 0 saturated carbocycles. The maximum Gasteiger partial charge on any atom is 0.227 e. The van der Waals surface area contributed by atoms with Crippen molar-refractivity contribution in [3.8, 4) is 0 Å². The molecule has 1 saturated heterocycles. The number of amides is 1. The van der Waals surface area contributed by atoms with Crippen LogP contribution in [0, 0.1) is 10.4 Å². The van der Waals surface area contributed by atoms with Crippen LogP contribution in [-0.2, 0) is 24.1 Å². The third-order valence-electron chi connectivity index (χ3n) is 6.72. The molecule has 0 atom stereocenters. The number of pyridine rings is 2. The molecule has 180 valence electrons. The maximum absolute atomic E-state index is 13.2. The number of fused-ring (bicyclic) bond motifs is 2. The third-order valence-corrected chi connectivity index (χ3v) is 8.61. The second kappa shape index (κ2) is 9.91. The Morgan fingerprint density at radius 2 is 1.74 bits per heavy atom. The van der Waals surface area contributed by atoms with Crippen molar-refractivity contribution in [3.63, 3.8) is 0 Å². The van der Waals surface area contributed by atoms with E-state index < -0.39 is 0 Å². The quantitative estimate of drug-likeness (QED) is 0.303. The first-order valence-electron chi connectivity index (χ1n) is 11.4. The summed E-state index contributed by atoms with van der Waals surface area (Å²) >= 11 is 13.6. The van der Waals surface area contributed by atoms with Crippen molar-refractivity contribution in [2.75, 3.05) is 13.1 Å². The van der Waals surface area contributed by atoms with Gasteiger partial charge < -0.3 is 15.3 Å². The standard InChI is InChI=1S/C26H22Br2ClN3O3/c27-19-14-18-1-2-21-20(3-4-22(29)25(21)28)24(26(18)32(35)15-19)17-7-9-30(10-8-17)23(33)13-16-5-11-31(34)12-6-16/h3-6,11-12,14-15H,1-2,7-10,13H2. The molecule has 35 heavy (non-hydrogen) atoms. The van der Waals surface area contributed by atoms with E-state index >= 15 is 0 Å². The summed E-state index contributed by atoms with van der Waals surface area (Å²) in [6.45, 7) is 1.17. The molecule has 3 heterocycles. The molecule has 6 nitrogen and oxygen atoms in total. The highest BCUT2D eigenvalue weighted by Crippen LogP contribution is 2.41. The number of likely N-dealkylation sites (tertiary alicyclic amines) is 1. The molecule has 5 rings (SSSR count). The minimum Gasteiger partial charge on any atom is -0.619 e. The molecular weight excluding hydrogens is 598 g/mol. The first-order valence-corrected chi connectivity index (χ1v) is 13.3. The zero-order chi connectivity index (χ0) is 24.7. The lowest BCUT2D eigenvalue weighted by Crippen LogP contribution is -2.38. The van der Waals surface area contributed by atoms with Gasteiger partial charge in [0.15, 0.2) is 18.6 Å². The molecule has 0 unspecified atom stereocenters. The Labute approximate surface area is 225 Å². The van der Waals surface area contributed by atoms with Gasteiger partial charge in [-0.25, -0.2) is 0 Å². The van der Waals surface area contributed by atoms with E-state index in [2.05, 4.69) is 31.9 Å². The minimum absolute atomic E-state index is 0.0386. The molecule has 9 heteroatoms. The second-order valence-corrected chi connectivity index (χ2v) is 11.0. The Morgan fingerprint density at radius 3 is 2.46 bits per heavy atom. The summed E-state index contributed by atoms with van der Waals surface area (Å²) < 4.78 is 3.30. The number of hydrogen-bond donors (Lipinski definition) is 0. The summed E-state index contributed by atoms with van der Waals surface area (Å²) in [7, 11) is 0. The van der Waals surface area contributed by atoms with Gasteiger partial charge in [0.2, 0.25) is 11.6 Å². The summed E-state index contributed by atoms with van der Waals surface area (Å²) in [5, 5.41) is 25.1. The number of rotatable bonds is 2. The van der Waals surface area contributed by atoms with E-state index in [0.29, 0.717) is 41.4 Å². The summed E-state index contributed by atoms with van der Waals surface area (Å²) in [6.07, 6.45) is 7.49. The van der Waals surface area contributed by atoms with Gasteiger partial charge in [-0.2, -0.15) is 9.46 Å². The van der Waals surface area contributed by atoms with Crippen molar-refractivity contribution < 1.29 is 14.3 Å². The highest BCUT2D eigenvalue weighted by molar-refractivity contribution is 9.10. The molecule has 1 aromatic carbocycles. The molecule has 2 aliphatic rings. The average molecular weight is 620 g/mol. The second-order valence-electron chi connectivity index (χ2n) is 8.85. The van der Waals surface area contributed by atoms with Crippen LogP contribution < -0.4 is 9.46 Å². The molecule has 2 aromatic heterocycles. The molecule has 1 amide bonds. The largest absolute Gasteiger partial charge is 0.619 e. The van der Waals surface area contributed by atoms with Crippen LogP contribution in [0.15, 0.2) is 63.4 Å². The Hall–Kier alpha value is -2.42. The molecule has 0 radical (unpaired) electrons. The van der Waals surface area contributed by atoms with Crippen LogP contribution in [-0.4, -0.2) is 23.9 Å². The summed E-state index contributed by atoms with van der Waals surface area (Å²) in [6, 6.07) is 9.26. The first kappa shape index (κ1) is 24.3. The summed E-state index contributed by atoms with van der Waals surface area (Å²) in [5.41, 5.74) is 6.76. The number of piperidine rings is 1. The molecule has 1 aliphatic heterocycles. The van der Waals surface area contributed by atoms with Gasteiger partial charge in [-0.05, 0) is 86.4 Å². The van der Waals surface area contributed by atoms with Crippen molar-refractivity contribution in [2.24, 2.45) is 0 Å². The normalized spacial score (nSPS) is 15.5. The fourth-order valence-electron chi connectivity index (χ4n) is 4.99. The zero-order valence-electron chi connectivity index (χ0n) is 18.8. The third kappa shape index (κ3) is 4.84. The first-order chi connectivity index (χ1) is 16.8. The average Bonchev–Trinajstić information content (AvgIpc) is 3.00. The zero-order valence-corrected chi connectivity index (χ0v) is 22.7. The van der Waals surface area contributed by atoms with Gasteiger partial charge >= 0.3 is 0 Å². The van der Waals surface area contributed by atoms with Gasteiger partial charge in [0, 0.05) is 35.3 Å². The number of hydrogen-bond acceptors (Lipinski definition) is 3. The van der Waals surface area contributed by atoms with Crippen molar-refractivity contribution in [1.29, 1.82) is 0 Å². The number of carbonyl (C=O) groups is 1. The van der Waals surface area contributed by atoms with E-state index in [9.17, 15) is 15.2 Å². The predicted octanol–water partition coefficient (Wildman–Crippen LogP) is 4.90. The van der Waals surface area contributed by atoms with E-state index in [-0.39, 0.29) is 12.3 Å². The van der Waals surface area contributed by atoms with E-state index in [1.165, 1.54) is 18.0 Å². The lowest BCUT2D eigenvalue weighted by atomic mass is 9.88. The van der Waals surface area contributed by atoms with E-state index in [4.69, 9.17) is 11.6 Å². The van der Waals surface area contributed by atoms with Crippen LogP contribution in [0.25, 0.3) is 5.57 Å². The predicted molar refractivity (Wildman–Crippen MR) is 141 cm³/mol. The molecule has 0 N–H and O–H groups in total. The fraction of sp³-hybridized carbons (Fsp3) is 0.269. The van der Waals surface area contributed by atoms with Crippen LogP contribution in [0.3, 0.4) is 0 Å². The number of halogens is 3. The van der Waals surface area contributed by atoms with Crippen molar-refractivity contribution in [2.45, 2.75) is 32.1 Å². The number of carbonyl (C=O) groups excluding carboxylic acids is 1. The van der Waals surface area contributed by atoms with E-state index in [0.717, 1.165) is 54.3 Å². The highest BCUT2D eigenvalue weighted by Gasteiger charge is 2.31. The Kier molecular flexibility index (Phi) is 6.88. The van der Waals surface area contributed by atoms with Gasteiger partial charge in [-0.3, -0.25) is 4.79 Å². The Bertz CT molecular complexity index is 1350. The van der Waals surface area contributed by atoms with Crippen LogP contribution in [0.1, 0.15) is 40.8 Å². The van der Waals surface area contributed by atoms with E-state index in [1.807, 2.05) is 23.1 Å². The molecule has 0 spiro atoms. The van der Waals surface area contributed by atoms with Gasteiger partial charge in [0.1, 0.15) is 0 Å². The molecule has 1 aliphatic carbocycles. The smallest absolute Gasteiger partial charge is 0.227 e. The van der Waals surface area contributed by atoms with Crippen molar-refractivity contribution in [3.05, 3.63) is 107 Å². The van der Waals surface area contributed by atoms with Gasteiger partial charge in [0.05, 0.1) is 21.5 Å². The van der Waals surface area contributed by atoms with Crippen LogP contribution >= 0.6 is 43.5 Å². The van der Waals surface area contributed by atoms with Crippen molar-refractivity contribution >= 4 is 54.9 Å². The topological polar surface area (TPSA) is 74.2 Å². The molecule has 3 aromatic rings.